The molecule has 4 rings (SSSR count). The first-order valence-electron chi connectivity index (χ1n) is 8.78. The van der Waals surface area contributed by atoms with Crippen molar-refractivity contribution in [2.24, 2.45) is 7.05 Å². The zero-order valence-corrected chi connectivity index (χ0v) is 16.5. The fourth-order valence-electron chi connectivity index (χ4n) is 2.72. The Kier molecular flexibility index (Phi) is 5.53. The highest BCUT2D eigenvalue weighted by atomic mass is 32.2. The van der Waals surface area contributed by atoms with Crippen molar-refractivity contribution < 1.29 is 23.5 Å². The summed E-state index contributed by atoms with van der Waals surface area (Å²) in [6, 6.07) is 10.1. The number of aromatic nitrogens is 3. The van der Waals surface area contributed by atoms with E-state index in [-0.39, 0.29) is 18.4 Å². The molecule has 3 aromatic rings. The third-order valence-electron chi connectivity index (χ3n) is 4.15. The Morgan fingerprint density at radius 1 is 1.13 bits per heavy atom. The number of carbonyl (C=O) groups excluding carboxylic acids is 2. The Morgan fingerprint density at radius 3 is 2.70 bits per heavy atom. The summed E-state index contributed by atoms with van der Waals surface area (Å²) in [5, 5.41) is 13.4. The van der Waals surface area contributed by atoms with Gasteiger partial charge in [0, 0.05) is 24.4 Å². The van der Waals surface area contributed by atoms with Gasteiger partial charge in [0.25, 0.3) is 0 Å². The topological polar surface area (TPSA) is 107 Å². The number of hydrogen-bond donors (Lipinski definition) is 2. The molecule has 1 aromatic heterocycles. The number of nitrogens with zero attached hydrogens (tertiary/aromatic N) is 3. The minimum atomic E-state index is -0.663. The van der Waals surface area contributed by atoms with Crippen LogP contribution in [0.1, 0.15) is 0 Å². The molecule has 3 amide bonds. The highest BCUT2D eigenvalue weighted by Gasteiger charge is 2.16. The molecule has 0 spiro atoms. The van der Waals surface area contributed by atoms with Gasteiger partial charge >= 0.3 is 6.03 Å². The van der Waals surface area contributed by atoms with E-state index in [2.05, 4.69) is 20.8 Å². The summed E-state index contributed by atoms with van der Waals surface area (Å²) < 4.78 is 25.2. The molecule has 2 aromatic carbocycles. The molecule has 0 saturated heterocycles. The highest BCUT2D eigenvalue weighted by molar-refractivity contribution is 7.99. The lowest BCUT2D eigenvalue weighted by molar-refractivity contribution is -0.117. The Bertz CT molecular complexity index is 1100. The Hall–Kier alpha value is -3.60. The fraction of sp³-hybridized carbons (Fsp3) is 0.158. The molecular formula is C19H16FN5O4S. The molecule has 2 N–H and O–H groups in total. The van der Waals surface area contributed by atoms with Crippen LogP contribution in [0.2, 0.25) is 0 Å². The Morgan fingerprint density at radius 2 is 1.90 bits per heavy atom. The SMILES string of the molecule is Cn1c(SCC(=O)NC(=O)Nc2ccc3c(c2)OCO3)nnc1-c1ccc(F)cc1. The van der Waals surface area contributed by atoms with Gasteiger partial charge in [0.05, 0.1) is 5.75 Å². The second kappa shape index (κ2) is 8.41. The summed E-state index contributed by atoms with van der Waals surface area (Å²) in [6.45, 7) is 0.131. The van der Waals surface area contributed by atoms with Gasteiger partial charge in [-0.15, -0.1) is 10.2 Å². The number of benzene rings is 2. The molecular weight excluding hydrogens is 413 g/mol. The molecule has 0 bridgehead atoms. The summed E-state index contributed by atoms with van der Waals surface area (Å²) >= 11 is 1.13. The predicted molar refractivity (Wildman–Crippen MR) is 107 cm³/mol. The number of nitrogens with one attached hydrogen (secondary N) is 2. The summed E-state index contributed by atoms with van der Waals surface area (Å²) in [5.41, 5.74) is 1.17. The zero-order valence-electron chi connectivity index (χ0n) is 15.7. The first-order chi connectivity index (χ1) is 14.5. The fourth-order valence-corrected chi connectivity index (χ4v) is 3.43. The molecule has 11 heteroatoms. The standard InChI is InChI=1S/C19H16FN5O4S/c1-25-17(11-2-4-12(20)5-3-11)23-24-19(25)30-9-16(26)22-18(27)21-13-6-7-14-15(8-13)29-10-28-14/h2-8H,9-10H2,1H3,(H2,21,22,26,27). The van der Waals surface area contributed by atoms with Crippen molar-refractivity contribution in [3.05, 3.63) is 48.3 Å². The molecule has 0 radical (unpaired) electrons. The average molecular weight is 429 g/mol. The van der Waals surface area contributed by atoms with Gasteiger partial charge in [0.1, 0.15) is 5.82 Å². The van der Waals surface area contributed by atoms with Gasteiger partial charge < -0.3 is 19.4 Å². The third kappa shape index (κ3) is 4.35. The van der Waals surface area contributed by atoms with Crippen LogP contribution in [0.4, 0.5) is 14.9 Å². The maximum absolute atomic E-state index is 13.1. The van der Waals surface area contributed by atoms with E-state index in [1.165, 1.54) is 12.1 Å². The number of thioether (sulfide) groups is 1. The maximum atomic E-state index is 13.1. The molecule has 0 saturated carbocycles. The quantitative estimate of drug-likeness (QED) is 0.601. The molecule has 1 aliphatic heterocycles. The Labute approximate surface area is 174 Å². The van der Waals surface area contributed by atoms with Crippen LogP contribution >= 0.6 is 11.8 Å². The van der Waals surface area contributed by atoms with Gasteiger partial charge in [-0.3, -0.25) is 10.1 Å². The van der Waals surface area contributed by atoms with E-state index in [1.54, 1.807) is 41.9 Å². The van der Waals surface area contributed by atoms with Crippen molar-refractivity contribution in [3.63, 3.8) is 0 Å². The number of anilines is 1. The maximum Gasteiger partial charge on any atom is 0.325 e. The molecule has 9 nitrogen and oxygen atoms in total. The largest absolute Gasteiger partial charge is 0.454 e. The summed E-state index contributed by atoms with van der Waals surface area (Å²) in [4.78, 5) is 24.1. The van der Waals surface area contributed by atoms with Gasteiger partial charge in [0.15, 0.2) is 22.5 Å². The molecule has 0 atom stereocenters. The molecule has 154 valence electrons. The van der Waals surface area contributed by atoms with E-state index in [0.29, 0.717) is 33.7 Å². The molecule has 2 heterocycles. The van der Waals surface area contributed by atoms with Crippen LogP contribution in [0.15, 0.2) is 47.6 Å². The molecule has 1 aliphatic rings. The molecule has 0 aliphatic carbocycles. The smallest absolute Gasteiger partial charge is 0.325 e. The predicted octanol–water partition coefficient (Wildman–Crippen LogP) is 2.79. The van der Waals surface area contributed by atoms with Crippen LogP contribution in [0, 0.1) is 5.82 Å². The molecule has 0 unspecified atom stereocenters. The average Bonchev–Trinajstić information content (AvgIpc) is 3.33. The lowest BCUT2D eigenvalue weighted by Gasteiger charge is -2.07. The minimum Gasteiger partial charge on any atom is -0.454 e. The van der Waals surface area contributed by atoms with E-state index in [1.807, 2.05) is 0 Å². The highest BCUT2D eigenvalue weighted by Crippen LogP contribution is 2.34. The number of ether oxygens (including phenoxy) is 2. The number of rotatable bonds is 5. The van der Waals surface area contributed by atoms with Gasteiger partial charge in [0.2, 0.25) is 12.7 Å². The first kappa shape index (κ1) is 19.7. The van der Waals surface area contributed by atoms with Crippen LogP contribution in [-0.2, 0) is 11.8 Å². The van der Waals surface area contributed by atoms with Gasteiger partial charge in [-0.05, 0) is 36.4 Å². The number of imide groups is 1. The van der Waals surface area contributed by atoms with Gasteiger partial charge in [-0.1, -0.05) is 11.8 Å². The number of hydrogen-bond acceptors (Lipinski definition) is 7. The van der Waals surface area contributed by atoms with Crippen molar-refractivity contribution in [2.45, 2.75) is 5.16 Å². The third-order valence-corrected chi connectivity index (χ3v) is 5.17. The van der Waals surface area contributed by atoms with Gasteiger partial charge in [-0.2, -0.15) is 0 Å². The van der Waals surface area contributed by atoms with Gasteiger partial charge in [-0.25, -0.2) is 9.18 Å². The van der Waals surface area contributed by atoms with Crippen molar-refractivity contribution in [1.29, 1.82) is 0 Å². The minimum absolute atomic E-state index is 0.0377. The zero-order chi connectivity index (χ0) is 21.1. The summed E-state index contributed by atoms with van der Waals surface area (Å²) in [7, 11) is 1.74. The normalized spacial score (nSPS) is 11.9. The van der Waals surface area contributed by atoms with Crippen molar-refractivity contribution >= 4 is 29.4 Å². The van der Waals surface area contributed by atoms with E-state index < -0.39 is 11.9 Å². The van der Waals surface area contributed by atoms with Crippen LogP contribution in [0.25, 0.3) is 11.4 Å². The lowest BCUT2D eigenvalue weighted by Crippen LogP contribution is -2.35. The summed E-state index contributed by atoms with van der Waals surface area (Å²) in [6.07, 6.45) is 0. The lowest BCUT2D eigenvalue weighted by atomic mass is 10.2. The van der Waals surface area contributed by atoms with Crippen molar-refractivity contribution in [2.75, 3.05) is 17.9 Å². The van der Waals surface area contributed by atoms with E-state index in [0.717, 1.165) is 11.8 Å². The second-order valence-electron chi connectivity index (χ2n) is 6.23. The summed E-state index contributed by atoms with van der Waals surface area (Å²) in [5.74, 6) is 0.782. The van der Waals surface area contributed by atoms with E-state index >= 15 is 0 Å². The van der Waals surface area contributed by atoms with Crippen LogP contribution in [0.5, 0.6) is 11.5 Å². The number of halogens is 1. The molecule has 0 fully saturated rings. The molecule has 30 heavy (non-hydrogen) atoms. The van der Waals surface area contributed by atoms with E-state index in [9.17, 15) is 14.0 Å². The van der Waals surface area contributed by atoms with Crippen LogP contribution in [-0.4, -0.2) is 39.2 Å². The van der Waals surface area contributed by atoms with E-state index in [4.69, 9.17) is 9.47 Å². The number of amides is 3. The second-order valence-corrected chi connectivity index (χ2v) is 7.17. The Balaban J connectivity index is 1.30. The number of fused-ring (bicyclic) bond motifs is 1. The van der Waals surface area contributed by atoms with Crippen molar-refractivity contribution in [1.82, 2.24) is 20.1 Å². The van der Waals surface area contributed by atoms with Crippen LogP contribution in [0.3, 0.4) is 0 Å². The number of carbonyl (C=O) groups is 2. The van der Waals surface area contributed by atoms with Crippen LogP contribution < -0.4 is 20.1 Å². The van der Waals surface area contributed by atoms with Crippen molar-refractivity contribution in [3.8, 4) is 22.9 Å². The first-order valence-corrected chi connectivity index (χ1v) is 9.77. The monoisotopic (exact) mass is 429 g/mol. The number of urea groups is 1.